The fraction of sp³-hybridized carbons (Fsp3) is 0.360. The first-order chi connectivity index (χ1) is 15.1. The van der Waals surface area contributed by atoms with Crippen LogP contribution >= 0.6 is 0 Å². The summed E-state index contributed by atoms with van der Waals surface area (Å²) in [4.78, 5) is 27.0. The van der Waals surface area contributed by atoms with Crippen LogP contribution in [0.4, 0.5) is 0 Å². The van der Waals surface area contributed by atoms with Crippen molar-refractivity contribution in [3.63, 3.8) is 0 Å². The molecule has 7 heteroatoms. The lowest BCUT2D eigenvalue weighted by molar-refractivity contribution is -0.131. The molecule has 1 aliphatic rings. The lowest BCUT2D eigenvalue weighted by Crippen LogP contribution is -2.62. The van der Waals surface area contributed by atoms with E-state index in [1.165, 1.54) is 11.0 Å². The van der Waals surface area contributed by atoms with E-state index in [-0.39, 0.29) is 42.7 Å². The molecule has 1 fully saturated rings. The largest absolute Gasteiger partial charge is 0.350 e. The number of nitrogens with one attached hydrogen (secondary N) is 3. The summed E-state index contributed by atoms with van der Waals surface area (Å²) in [5.41, 5.74) is 1.80. The Kier molecular flexibility index (Phi) is 6.64. The monoisotopic (exact) mass is 431 g/mol. The number of nitrogens with zero attached hydrogens (tertiary/aromatic N) is 2. The summed E-state index contributed by atoms with van der Waals surface area (Å²) in [6.07, 6.45) is 0.271. The van der Waals surface area contributed by atoms with Crippen LogP contribution in [0.2, 0.25) is 0 Å². The molecular weight excluding hydrogens is 402 g/mol. The number of benzene rings is 2. The Labute approximate surface area is 188 Å². The van der Waals surface area contributed by atoms with E-state index in [4.69, 9.17) is 5.41 Å². The van der Waals surface area contributed by atoms with Crippen molar-refractivity contribution in [2.45, 2.75) is 52.2 Å². The van der Waals surface area contributed by atoms with Crippen molar-refractivity contribution >= 4 is 17.8 Å². The first-order valence-corrected chi connectivity index (χ1v) is 10.7. The van der Waals surface area contributed by atoms with Crippen molar-refractivity contribution in [1.82, 2.24) is 15.5 Å². The van der Waals surface area contributed by atoms with Crippen LogP contribution in [0.1, 0.15) is 67.2 Å². The Morgan fingerprint density at radius 1 is 1.25 bits per heavy atom. The molecule has 2 amide bonds. The Hall–Kier alpha value is -3.66. The molecule has 7 nitrogen and oxygen atoms in total. The van der Waals surface area contributed by atoms with Gasteiger partial charge in [0, 0.05) is 11.1 Å². The predicted octanol–water partition coefficient (Wildman–Crippen LogP) is 3.72. The molecule has 166 valence electrons. The lowest BCUT2D eigenvalue weighted by atomic mass is 9.83. The maximum Gasteiger partial charge on any atom is 0.251 e. The Morgan fingerprint density at radius 3 is 2.53 bits per heavy atom. The zero-order valence-electron chi connectivity index (χ0n) is 18.9. The van der Waals surface area contributed by atoms with Gasteiger partial charge in [-0.3, -0.25) is 19.9 Å². The highest BCUT2D eigenvalue weighted by molar-refractivity contribution is 5.99. The average molecular weight is 432 g/mol. The van der Waals surface area contributed by atoms with Crippen LogP contribution in [-0.4, -0.2) is 28.2 Å². The Balaban J connectivity index is 1.79. The number of nitriles is 1. The molecule has 1 aliphatic heterocycles. The van der Waals surface area contributed by atoms with Crippen molar-refractivity contribution in [3.05, 3.63) is 70.8 Å². The summed E-state index contributed by atoms with van der Waals surface area (Å²) in [6, 6.07) is 16.4. The lowest BCUT2D eigenvalue weighted by Gasteiger charge is -2.43. The van der Waals surface area contributed by atoms with E-state index in [2.05, 4.69) is 16.7 Å². The van der Waals surface area contributed by atoms with E-state index >= 15 is 0 Å². The molecule has 0 radical (unpaired) electrons. The SMILES string of the molecule is CC(C)[C@]1(C)CC(=O)N(Cc2cc(C#N)cc(C(=O)N[C@@H](C)c3ccccc3)c2)C(=N)N1. The quantitative estimate of drug-likeness (QED) is 0.647. The van der Waals surface area contributed by atoms with Crippen LogP contribution in [0.15, 0.2) is 48.5 Å². The van der Waals surface area contributed by atoms with E-state index in [1.807, 2.05) is 58.0 Å². The molecule has 2 atom stereocenters. The van der Waals surface area contributed by atoms with Crippen molar-refractivity contribution in [3.8, 4) is 6.07 Å². The van der Waals surface area contributed by atoms with Gasteiger partial charge in [-0.1, -0.05) is 44.2 Å². The molecule has 1 saturated heterocycles. The van der Waals surface area contributed by atoms with E-state index in [0.29, 0.717) is 16.7 Å². The van der Waals surface area contributed by atoms with Crippen LogP contribution in [0.25, 0.3) is 0 Å². The summed E-state index contributed by atoms with van der Waals surface area (Å²) >= 11 is 0. The zero-order chi connectivity index (χ0) is 23.5. The van der Waals surface area contributed by atoms with Gasteiger partial charge in [0.2, 0.25) is 5.91 Å². The third-order valence-corrected chi connectivity index (χ3v) is 6.14. The van der Waals surface area contributed by atoms with Gasteiger partial charge in [0.05, 0.1) is 30.6 Å². The maximum atomic E-state index is 12.9. The Bertz CT molecular complexity index is 1050. The number of amides is 2. The minimum Gasteiger partial charge on any atom is -0.350 e. The normalized spacial score (nSPS) is 19.3. The van der Waals surface area contributed by atoms with Crippen molar-refractivity contribution in [1.29, 1.82) is 10.7 Å². The molecule has 32 heavy (non-hydrogen) atoms. The molecule has 3 rings (SSSR count). The predicted molar refractivity (Wildman–Crippen MR) is 123 cm³/mol. The number of carbonyl (C=O) groups is 2. The summed E-state index contributed by atoms with van der Waals surface area (Å²) in [7, 11) is 0. The minimum atomic E-state index is -0.474. The van der Waals surface area contributed by atoms with Gasteiger partial charge >= 0.3 is 0 Å². The van der Waals surface area contributed by atoms with Crippen LogP contribution in [-0.2, 0) is 11.3 Å². The molecular formula is C25H29N5O2. The Morgan fingerprint density at radius 2 is 1.94 bits per heavy atom. The van der Waals surface area contributed by atoms with Gasteiger partial charge in [0.25, 0.3) is 5.91 Å². The fourth-order valence-electron chi connectivity index (χ4n) is 3.70. The smallest absolute Gasteiger partial charge is 0.251 e. The van der Waals surface area contributed by atoms with Gasteiger partial charge in [0.15, 0.2) is 5.96 Å². The second-order valence-corrected chi connectivity index (χ2v) is 8.84. The highest BCUT2D eigenvalue weighted by Crippen LogP contribution is 2.27. The van der Waals surface area contributed by atoms with Crippen molar-refractivity contribution in [2.24, 2.45) is 5.92 Å². The molecule has 3 N–H and O–H groups in total. The molecule has 2 aromatic rings. The number of hydrogen-bond acceptors (Lipinski definition) is 4. The van der Waals surface area contributed by atoms with Crippen molar-refractivity contribution < 1.29 is 9.59 Å². The van der Waals surface area contributed by atoms with E-state index < -0.39 is 5.54 Å². The molecule has 0 bridgehead atoms. The minimum absolute atomic E-state index is 0.0310. The number of hydrogen-bond donors (Lipinski definition) is 3. The second-order valence-electron chi connectivity index (χ2n) is 8.84. The van der Waals surface area contributed by atoms with Crippen LogP contribution in [0, 0.1) is 22.7 Å². The number of carbonyl (C=O) groups excluding carboxylic acids is 2. The summed E-state index contributed by atoms with van der Waals surface area (Å²) in [5, 5.41) is 23.9. The second kappa shape index (κ2) is 9.23. The van der Waals surface area contributed by atoms with Crippen LogP contribution < -0.4 is 10.6 Å². The van der Waals surface area contributed by atoms with Crippen LogP contribution in [0.3, 0.4) is 0 Å². The standard InChI is InChI=1S/C25H29N5O2/c1-16(2)25(4)13-22(31)30(24(27)29-25)15-19-10-18(14-26)11-21(12-19)23(32)28-17(3)20-8-6-5-7-9-20/h5-12,16-17H,13,15H2,1-4H3,(H2,27,29)(H,28,32)/t17-,25-/m0/s1. The molecule has 0 spiro atoms. The van der Waals surface area contributed by atoms with Crippen LogP contribution in [0.5, 0.6) is 0 Å². The highest BCUT2D eigenvalue weighted by Gasteiger charge is 2.40. The molecule has 0 saturated carbocycles. The van der Waals surface area contributed by atoms with Gasteiger partial charge in [-0.25, -0.2) is 0 Å². The topological polar surface area (TPSA) is 109 Å². The van der Waals surface area contributed by atoms with Gasteiger partial charge in [-0.15, -0.1) is 0 Å². The molecule has 0 aliphatic carbocycles. The third kappa shape index (κ3) is 4.97. The van der Waals surface area contributed by atoms with Gasteiger partial charge in [0.1, 0.15) is 0 Å². The van der Waals surface area contributed by atoms with E-state index in [9.17, 15) is 14.9 Å². The first-order valence-electron chi connectivity index (χ1n) is 10.7. The molecule has 0 unspecified atom stereocenters. The summed E-state index contributed by atoms with van der Waals surface area (Å²) in [5.74, 6) is -0.248. The van der Waals surface area contributed by atoms with Crippen molar-refractivity contribution in [2.75, 3.05) is 0 Å². The molecule has 0 aromatic heterocycles. The summed E-state index contributed by atoms with van der Waals surface area (Å²) < 4.78 is 0. The maximum absolute atomic E-state index is 12.9. The van der Waals surface area contributed by atoms with Gasteiger partial charge in [-0.2, -0.15) is 5.26 Å². The number of guanidine groups is 1. The third-order valence-electron chi connectivity index (χ3n) is 6.14. The fourth-order valence-corrected chi connectivity index (χ4v) is 3.70. The summed E-state index contributed by atoms with van der Waals surface area (Å²) in [6.45, 7) is 7.98. The molecule has 1 heterocycles. The highest BCUT2D eigenvalue weighted by atomic mass is 16.2. The van der Waals surface area contributed by atoms with E-state index in [0.717, 1.165) is 5.56 Å². The van der Waals surface area contributed by atoms with E-state index in [1.54, 1.807) is 12.1 Å². The van der Waals surface area contributed by atoms with Gasteiger partial charge < -0.3 is 10.6 Å². The number of rotatable bonds is 6. The van der Waals surface area contributed by atoms with Gasteiger partial charge in [-0.05, 0) is 49.1 Å². The average Bonchev–Trinajstić information content (AvgIpc) is 2.76. The first kappa shape index (κ1) is 23.0. The zero-order valence-corrected chi connectivity index (χ0v) is 18.9. The molecule has 2 aromatic carbocycles.